The molecule has 0 bridgehead atoms. The second kappa shape index (κ2) is 13.0. The van der Waals surface area contributed by atoms with Gasteiger partial charge in [0.25, 0.3) is 5.91 Å². The highest BCUT2D eigenvalue weighted by atomic mass is 35.5. The van der Waals surface area contributed by atoms with E-state index in [-0.39, 0.29) is 30.1 Å². The first kappa shape index (κ1) is 31.8. The number of carbonyl (C=O) groups is 2. The van der Waals surface area contributed by atoms with Crippen molar-refractivity contribution in [3.63, 3.8) is 0 Å². The van der Waals surface area contributed by atoms with Crippen molar-refractivity contribution in [1.82, 2.24) is 24.8 Å². The van der Waals surface area contributed by atoms with Gasteiger partial charge in [-0.15, -0.1) is 5.10 Å². The highest BCUT2D eigenvalue weighted by molar-refractivity contribution is 6.35. The van der Waals surface area contributed by atoms with Crippen LogP contribution in [0.25, 0.3) is 11.3 Å². The normalized spacial score (nSPS) is 19.3. The summed E-state index contributed by atoms with van der Waals surface area (Å²) in [5.41, 5.74) is 2.25. The zero-order chi connectivity index (χ0) is 30.8. The first-order chi connectivity index (χ1) is 19.7. The van der Waals surface area contributed by atoms with Crippen molar-refractivity contribution >= 4 is 35.2 Å². The molecule has 0 spiro atoms. The zero-order valence-corrected chi connectivity index (χ0v) is 27.0. The van der Waals surface area contributed by atoms with E-state index in [1.54, 1.807) is 27.8 Å². The number of rotatable bonds is 7. The van der Waals surface area contributed by atoms with E-state index in [1.165, 1.54) is 0 Å². The van der Waals surface area contributed by atoms with E-state index >= 15 is 0 Å². The number of piperazine rings is 1. The summed E-state index contributed by atoms with van der Waals surface area (Å²) in [6.07, 6.45) is 3.20. The number of hydrogen-bond acceptors (Lipinski definition) is 5. The Bertz CT molecular complexity index is 1400. The van der Waals surface area contributed by atoms with Crippen LogP contribution in [0.4, 0.5) is 4.79 Å². The molecule has 42 heavy (non-hydrogen) atoms. The lowest BCUT2D eigenvalue weighted by Gasteiger charge is -2.50. The van der Waals surface area contributed by atoms with E-state index in [0.717, 1.165) is 24.0 Å². The summed E-state index contributed by atoms with van der Waals surface area (Å²) in [7, 11) is 0. The summed E-state index contributed by atoms with van der Waals surface area (Å²) in [5.74, 6) is 0.411. The van der Waals surface area contributed by atoms with Crippen molar-refractivity contribution in [3.8, 4) is 11.3 Å². The number of aromatic nitrogens is 3. The molecule has 1 saturated heterocycles. The Balaban J connectivity index is 1.61. The second-order valence-electron chi connectivity index (χ2n) is 12.6. The van der Waals surface area contributed by atoms with Crippen molar-refractivity contribution in [2.45, 2.75) is 91.6 Å². The van der Waals surface area contributed by atoms with Gasteiger partial charge in [-0.3, -0.25) is 4.79 Å². The summed E-state index contributed by atoms with van der Waals surface area (Å²) in [6, 6.07) is 12.3. The molecular weight excluding hydrogens is 573 g/mol. The number of ether oxygens (including phenoxy) is 1. The molecule has 0 N–H and O–H groups in total. The SMILES string of the molecule is CC(C)CCC1C(C)N(C(=O)OC(C)(C)C)CC(C)N1C(=O)c1ccccc1Cn1cc(-c2cc(Cl)cc(Cl)c2)nn1. The third-order valence-electron chi connectivity index (χ3n) is 7.52. The predicted molar refractivity (Wildman–Crippen MR) is 167 cm³/mol. The van der Waals surface area contributed by atoms with Gasteiger partial charge in [-0.1, -0.05) is 60.5 Å². The van der Waals surface area contributed by atoms with Crippen LogP contribution in [0.3, 0.4) is 0 Å². The molecule has 2 aromatic carbocycles. The number of benzene rings is 2. The fraction of sp³-hybridized carbons (Fsp3) is 0.500. The fourth-order valence-electron chi connectivity index (χ4n) is 5.49. The van der Waals surface area contributed by atoms with Gasteiger partial charge in [0.1, 0.15) is 11.3 Å². The summed E-state index contributed by atoms with van der Waals surface area (Å²) < 4.78 is 7.44. The lowest BCUT2D eigenvalue weighted by molar-refractivity contribution is -0.0293. The van der Waals surface area contributed by atoms with Crippen molar-refractivity contribution in [1.29, 1.82) is 0 Å². The van der Waals surface area contributed by atoms with Crippen LogP contribution in [0.5, 0.6) is 0 Å². The Morgan fingerprint density at radius 2 is 1.74 bits per heavy atom. The molecule has 2 heterocycles. The minimum absolute atomic E-state index is 0.0514. The molecule has 8 nitrogen and oxygen atoms in total. The van der Waals surface area contributed by atoms with Gasteiger partial charge in [0, 0.05) is 33.8 Å². The molecule has 1 aromatic heterocycles. The van der Waals surface area contributed by atoms with Crippen LogP contribution in [0.2, 0.25) is 10.0 Å². The maximum atomic E-state index is 14.3. The van der Waals surface area contributed by atoms with Crippen molar-refractivity contribution in [3.05, 3.63) is 69.8 Å². The Hall–Kier alpha value is -3.10. The average Bonchev–Trinajstić information content (AvgIpc) is 3.35. The topological polar surface area (TPSA) is 80.6 Å². The van der Waals surface area contributed by atoms with Crippen LogP contribution in [-0.2, 0) is 11.3 Å². The van der Waals surface area contributed by atoms with E-state index in [1.807, 2.05) is 70.0 Å². The predicted octanol–water partition coefficient (Wildman–Crippen LogP) is 7.57. The second-order valence-corrected chi connectivity index (χ2v) is 13.5. The number of hydrogen-bond donors (Lipinski definition) is 0. The van der Waals surface area contributed by atoms with Gasteiger partial charge < -0.3 is 14.5 Å². The lowest BCUT2D eigenvalue weighted by atomic mass is 9.91. The molecule has 0 aliphatic carbocycles. The highest BCUT2D eigenvalue weighted by Crippen LogP contribution is 2.31. The molecule has 0 saturated carbocycles. The van der Waals surface area contributed by atoms with Crippen LogP contribution in [0.15, 0.2) is 48.7 Å². The summed E-state index contributed by atoms with van der Waals surface area (Å²) in [4.78, 5) is 31.3. The van der Waals surface area contributed by atoms with Gasteiger partial charge in [-0.05, 0) is 83.2 Å². The van der Waals surface area contributed by atoms with Gasteiger partial charge in [-0.2, -0.15) is 0 Å². The van der Waals surface area contributed by atoms with E-state index in [0.29, 0.717) is 40.3 Å². The maximum Gasteiger partial charge on any atom is 0.410 e. The molecule has 3 aromatic rings. The Labute approximate surface area is 258 Å². The van der Waals surface area contributed by atoms with Gasteiger partial charge in [0.15, 0.2) is 0 Å². The quantitative estimate of drug-likeness (QED) is 0.274. The monoisotopic (exact) mass is 613 g/mol. The van der Waals surface area contributed by atoms with E-state index in [4.69, 9.17) is 27.9 Å². The third-order valence-corrected chi connectivity index (χ3v) is 7.96. The van der Waals surface area contributed by atoms with Gasteiger partial charge in [0.2, 0.25) is 0 Å². The molecule has 3 unspecified atom stereocenters. The van der Waals surface area contributed by atoms with Crippen molar-refractivity contribution < 1.29 is 14.3 Å². The van der Waals surface area contributed by atoms with Crippen LogP contribution in [0, 0.1) is 5.92 Å². The molecule has 226 valence electrons. The number of halogens is 2. The molecular formula is C32H41Cl2N5O3. The molecule has 1 aliphatic heterocycles. The lowest BCUT2D eigenvalue weighted by Crippen LogP contribution is -2.65. The molecule has 10 heteroatoms. The van der Waals surface area contributed by atoms with Crippen LogP contribution in [-0.4, -0.2) is 67.1 Å². The zero-order valence-electron chi connectivity index (χ0n) is 25.5. The van der Waals surface area contributed by atoms with Crippen molar-refractivity contribution in [2.24, 2.45) is 5.92 Å². The first-order valence-electron chi connectivity index (χ1n) is 14.5. The van der Waals surface area contributed by atoms with Gasteiger partial charge in [-0.25, -0.2) is 9.48 Å². The van der Waals surface area contributed by atoms with Crippen LogP contribution in [0.1, 0.15) is 77.2 Å². The molecule has 0 radical (unpaired) electrons. The van der Waals surface area contributed by atoms with Gasteiger partial charge >= 0.3 is 6.09 Å². The number of carbonyl (C=O) groups excluding carboxylic acids is 2. The number of nitrogens with zero attached hydrogens (tertiary/aromatic N) is 5. The summed E-state index contributed by atoms with van der Waals surface area (Å²) in [5, 5.41) is 9.65. The largest absolute Gasteiger partial charge is 0.444 e. The minimum Gasteiger partial charge on any atom is -0.444 e. The Kier molecular flexibility index (Phi) is 9.88. The standard InChI is InChI=1S/C32H41Cl2N5O3/c1-20(2)12-13-29-22(4)38(31(41)42-32(5,6)7)17-21(3)39(29)30(40)27-11-9-8-10-23(27)18-37-19-28(35-36-37)24-14-25(33)16-26(34)15-24/h8-11,14-16,19-22,29H,12-13,17-18H2,1-7H3. The third kappa shape index (κ3) is 7.64. The minimum atomic E-state index is -0.598. The first-order valence-corrected chi connectivity index (χ1v) is 15.3. The van der Waals surface area contributed by atoms with Gasteiger partial charge in [0.05, 0.1) is 24.8 Å². The summed E-state index contributed by atoms with van der Waals surface area (Å²) in [6.45, 7) is 14.7. The average molecular weight is 615 g/mol. The molecule has 4 rings (SSSR count). The number of amides is 2. The van der Waals surface area contributed by atoms with Crippen LogP contribution >= 0.6 is 23.2 Å². The van der Waals surface area contributed by atoms with E-state index in [9.17, 15) is 9.59 Å². The Morgan fingerprint density at radius 1 is 1.07 bits per heavy atom. The Morgan fingerprint density at radius 3 is 2.38 bits per heavy atom. The molecule has 1 aliphatic rings. The van der Waals surface area contributed by atoms with Crippen LogP contribution < -0.4 is 0 Å². The summed E-state index contributed by atoms with van der Waals surface area (Å²) >= 11 is 12.4. The van der Waals surface area contributed by atoms with E-state index in [2.05, 4.69) is 24.2 Å². The molecule has 3 atom stereocenters. The smallest absolute Gasteiger partial charge is 0.410 e. The fourth-order valence-corrected chi connectivity index (χ4v) is 6.02. The van der Waals surface area contributed by atoms with E-state index < -0.39 is 5.60 Å². The van der Waals surface area contributed by atoms with Crippen molar-refractivity contribution in [2.75, 3.05) is 6.54 Å². The highest BCUT2D eigenvalue weighted by Gasteiger charge is 2.43. The molecule has 2 amide bonds. The molecule has 1 fully saturated rings. The maximum absolute atomic E-state index is 14.3.